The molecule has 0 aliphatic rings. The number of rotatable bonds is 8. The predicted molar refractivity (Wildman–Crippen MR) is 83.7 cm³/mol. The van der Waals surface area contributed by atoms with E-state index in [4.69, 9.17) is 5.11 Å². The van der Waals surface area contributed by atoms with E-state index in [9.17, 15) is 9.59 Å². The zero-order valence-corrected chi connectivity index (χ0v) is 12.6. The van der Waals surface area contributed by atoms with Crippen LogP contribution >= 0.6 is 0 Å². The first-order valence-electron chi connectivity index (χ1n) is 7.22. The number of carbonyl (C=O) groups excluding carboxylic acids is 1. The lowest BCUT2D eigenvalue weighted by atomic mass is 10.0. The molecule has 1 amide bonds. The van der Waals surface area contributed by atoms with Crippen molar-refractivity contribution in [1.29, 1.82) is 0 Å². The topological polar surface area (TPSA) is 66.4 Å². The normalized spacial score (nSPS) is 12.5. The maximum Gasteiger partial charge on any atom is 0.326 e. The number of aliphatic carboxylic acids is 1. The molecule has 0 aliphatic heterocycles. The second-order valence-electron chi connectivity index (χ2n) is 5.44. The number of benzene rings is 1. The first kappa shape index (κ1) is 17.0. The average Bonchev–Trinajstić information content (AvgIpc) is 2.43. The van der Waals surface area contributed by atoms with Gasteiger partial charge in [-0.2, -0.15) is 0 Å². The summed E-state index contributed by atoms with van der Waals surface area (Å²) in [6, 6.07) is 9.03. The Bertz CT molecular complexity index is 480. The second kappa shape index (κ2) is 8.95. The number of hydrogen-bond acceptors (Lipinski definition) is 2. The molecule has 1 rings (SSSR count). The summed E-state index contributed by atoms with van der Waals surface area (Å²) in [4.78, 5) is 22.8. The molecular formula is C17H23NO3. The van der Waals surface area contributed by atoms with E-state index in [-0.39, 0.29) is 11.8 Å². The molecule has 21 heavy (non-hydrogen) atoms. The molecule has 0 bridgehead atoms. The smallest absolute Gasteiger partial charge is 0.326 e. The lowest BCUT2D eigenvalue weighted by molar-refractivity contribution is -0.142. The maximum atomic E-state index is 11.7. The number of nitrogens with one attached hydrogen (secondary N) is 1. The quantitative estimate of drug-likeness (QED) is 0.773. The van der Waals surface area contributed by atoms with Gasteiger partial charge in [0.1, 0.15) is 6.04 Å². The first-order valence-corrected chi connectivity index (χ1v) is 7.22. The number of carboxylic acid groups (broad SMARTS) is 1. The molecule has 0 radical (unpaired) electrons. The van der Waals surface area contributed by atoms with Crippen LogP contribution in [0.15, 0.2) is 36.4 Å². The van der Waals surface area contributed by atoms with Crippen molar-refractivity contribution in [2.75, 3.05) is 0 Å². The van der Waals surface area contributed by atoms with E-state index in [2.05, 4.69) is 5.32 Å². The van der Waals surface area contributed by atoms with Crippen LogP contribution in [0.1, 0.15) is 38.7 Å². The number of allylic oxidation sites excluding steroid dienone is 1. The Morgan fingerprint density at radius 1 is 1.24 bits per heavy atom. The molecule has 1 aromatic carbocycles. The van der Waals surface area contributed by atoms with Gasteiger partial charge in [0.25, 0.3) is 0 Å². The van der Waals surface area contributed by atoms with Gasteiger partial charge in [-0.15, -0.1) is 0 Å². The number of carboxylic acids is 1. The van der Waals surface area contributed by atoms with Crippen LogP contribution in [0.4, 0.5) is 0 Å². The fourth-order valence-corrected chi connectivity index (χ4v) is 1.96. The zero-order chi connectivity index (χ0) is 15.7. The molecule has 4 heteroatoms. The molecule has 0 fully saturated rings. The highest BCUT2D eigenvalue weighted by Gasteiger charge is 2.20. The largest absolute Gasteiger partial charge is 0.480 e. The Kier molecular flexibility index (Phi) is 7.23. The van der Waals surface area contributed by atoms with E-state index in [1.165, 1.54) is 0 Å². The number of hydrogen-bond donors (Lipinski definition) is 2. The zero-order valence-electron chi connectivity index (χ0n) is 12.6. The Morgan fingerprint density at radius 2 is 1.90 bits per heavy atom. The van der Waals surface area contributed by atoms with Gasteiger partial charge in [0.05, 0.1) is 0 Å². The summed E-state index contributed by atoms with van der Waals surface area (Å²) in [7, 11) is 0. The lowest BCUT2D eigenvalue weighted by Gasteiger charge is -2.16. The van der Waals surface area contributed by atoms with Crippen LogP contribution in [0.5, 0.6) is 0 Å². The van der Waals surface area contributed by atoms with E-state index in [0.29, 0.717) is 19.3 Å². The van der Waals surface area contributed by atoms with Gasteiger partial charge in [-0.3, -0.25) is 4.79 Å². The minimum absolute atomic E-state index is 0.222. The highest BCUT2D eigenvalue weighted by molar-refractivity contribution is 5.83. The van der Waals surface area contributed by atoms with Gasteiger partial charge in [-0.25, -0.2) is 4.79 Å². The summed E-state index contributed by atoms with van der Waals surface area (Å²) < 4.78 is 0. The van der Waals surface area contributed by atoms with Crippen molar-refractivity contribution in [2.24, 2.45) is 5.92 Å². The molecule has 0 saturated carbocycles. The van der Waals surface area contributed by atoms with E-state index in [1.54, 1.807) is 0 Å². The van der Waals surface area contributed by atoms with Crippen molar-refractivity contribution >= 4 is 18.0 Å². The summed E-state index contributed by atoms with van der Waals surface area (Å²) in [6.07, 6.45) is 5.21. The van der Waals surface area contributed by atoms with E-state index < -0.39 is 12.0 Å². The fraction of sp³-hybridized carbons (Fsp3) is 0.412. The standard InChI is InChI=1S/C17H23NO3/c1-13(2)12-15(17(20)21)18-16(19)11-7-6-10-14-8-4-3-5-9-14/h3-6,8-10,13,15H,7,11-12H2,1-2H3,(H,18,19)(H,20,21)/b10-6+/t15-/m0/s1. The van der Waals surface area contributed by atoms with Crippen LogP contribution in [0, 0.1) is 5.92 Å². The summed E-state index contributed by atoms with van der Waals surface area (Å²) in [5.74, 6) is -0.970. The third-order valence-corrected chi connectivity index (χ3v) is 2.99. The fourth-order valence-electron chi connectivity index (χ4n) is 1.96. The SMILES string of the molecule is CC(C)C[C@H](NC(=O)CC/C=C/c1ccccc1)C(=O)O. The Hall–Kier alpha value is -2.10. The molecule has 1 atom stereocenters. The van der Waals surface area contributed by atoms with Crippen LogP contribution < -0.4 is 5.32 Å². The molecule has 0 spiro atoms. The number of carbonyl (C=O) groups is 2. The molecule has 0 aliphatic carbocycles. The van der Waals surface area contributed by atoms with Gasteiger partial charge < -0.3 is 10.4 Å². The highest BCUT2D eigenvalue weighted by atomic mass is 16.4. The predicted octanol–water partition coefficient (Wildman–Crippen LogP) is 3.10. The van der Waals surface area contributed by atoms with Crippen molar-refractivity contribution in [3.8, 4) is 0 Å². The van der Waals surface area contributed by atoms with Gasteiger partial charge in [0, 0.05) is 6.42 Å². The third kappa shape index (κ3) is 7.30. The molecule has 2 N–H and O–H groups in total. The van der Waals surface area contributed by atoms with Gasteiger partial charge in [-0.05, 0) is 24.3 Å². The van der Waals surface area contributed by atoms with Crippen LogP contribution in [0.25, 0.3) is 6.08 Å². The third-order valence-electron chi connectivity index (χ3n) is 2.99. The molecule has 114 valence electrons. The summed E-state index contributed by atoms with van der Waals surface area (Å²) in [5, 5.41) is 11.6. The van der Waals surface area contributed by atoms with Crippen molar-refractivity contribution in [3.05, 3.63) is 42.0 Å². The monoisotopic (exact) mass is 289 g/mol. The van der Waals surface area contributed by atoms with Gasteiger partial charge >= 0.3 is 5.97 Å². The van der Waals surface area contributed by atoms with E-state index >= 15 is 0 Å². The summed E-state index contributed by atoms with van der Waals surface area (Å²) in [5.41, 5.74) is 1.08. The van der Waals surface area contributed by atoms with E-state index in [1.807, 2.05) is 56.3 Å². The van der Waals surface area contributed by atoms with Gasteiger partial charge in [0.2, 0.25) is 5.91 Å². The summed E-state index contributed by atoms with van der Waals surface area (Å²) >= 11 is 0. The molecule has 4 nitrogen and oxygen atoms in total. The van der Waals surface area contributed by atoms with Crippen LogP contribution in [-0.2, 0) is 9.59 Å². The first-order chi connectivity index (χ1) is 9.99. The minimum Gasteiger partial charge on any atom is -0.480 e. The molecule has 0 unspecified atom stereocenters. The Labute approximate surface area is 125 Å². The number of amides is 1. The second-order valence-corrected chi connectivity index (χ2v) is 5.44. The minimum atomic E-state index is -0.975. The van der Waals surface area contributed by atoms with Crippen molar-refractivity contribution in [1.82, 2.24) is 5.32 Å². The van der Waals surface area contributed by atoms with Crippen LogP contribution in [0.2, 0.25) is 0 Å². The maximum absolute atomic E-state index is 11.7. The molecule has 0 heterocycles. The highest BCUT2D eigenvalue weighted by Crippen LogP contribution is 2.06. The van der Waals surface area contributed by atoms with Crippen LogP contribution in [-0.4, -0.2) is 23.0 Å². The van der Waals surface area contributed by atoms with Gasteiger partial charge in [0.15, 0.2) is 0 Å². The van der Waals surface area contributed by atoms with E-state index in [0.717, 1.165) is 5.56 Å². The molecule has 1 aromatic rings. The lowest BCUT2D eigenvalue weighted by Crippen LogP contribution is -2.41. The van der Waals surface area contributed by atoms with Crippen LogP contribution in [0.3, 0.4) is 0 Å². The van der Waals surface area contributed by atoms with Gasteiger partial charge in [-0.1, -0.05) is 56.3 Å². The Morgan fingerprint density at radius 3 is 2.48 bits per heavy atom. The average molecular weight is 289 g/mol. The van der Waals surface area contributed by atoms with Crippen molar-refractivity contribution in [3.63, 3.8) is 0 Å². The van der Waals surface area contributed by atoms with Crippen molar-refractivity contribution < 1.29 is 14.7 Å². The molecule has 0 aromatic heterocycles. The van der Waals surface area contributed by atoms with Crippen molar-refractivity contribution in [2.45, 2.75) is 39.2 Å². The molecular weight excluding hydrogens is 266 g/mol. The Balaban J connectivity index is 2.36. The summed E-state index contributed by atoms with van der Waals surface area (Å²) in [6.45, 7) is 3.87. The molecule has 0 saturated heterocycles.